The molecule has 178 valence electrons. The molecule has 2 saturated carbocycles. The fraction of sp³-hybridized carbons (Fsp3) is 0.793. The Hall–Kier alpha value is -1.38. The van der Waals surface area contributed by atoms with E-state index in [2.05, 4.69) is 30.6 Å². The van der Waals surface area contributed by atoms with Gasteiger partial charge in [-0.2, -0.15) is 5.10 Å². The van der Waals surface area contributed by atoms with Crippen molar-refractivity contribution in [3.8, 4) is 0 Å². The fourth-order valence-electron chi connectivity index (χ4n) is 6.14. The summed E-state index contributed by atoms with van der Waals surface area (Å²) in [6.45, 7) is 4.58. The normalized spacial score (nSPS) is 21.7. The van der Waals surface area contributed by atoms with Crippen LogP contribution < -0.4 is 0 Å². The van der Waals surface area contributed by atoms with Crippen molar-refractivity contribution in [2.24, 2.45) is 0 Å². The maximum Gasteiger partial charge on any atom is 0.158 e. The molecule has 2 aliphatic rings. The van der Waals surface area contributed by atoms with Crippen molar-refractivity contribution >= 4 is 5.65 Å². The van der Waals surface area contributed by atoms with Gasteiger partial charge >= 0.3 is 0 Å². The quantitative estimate of drug-likeness (QED) is 0.479. The lowest BCUT2D eigenvalue weighted by Crippen LogP contribution is -2.13. The Morgan fingerprint density at radius 1 is 0.688 bits per heavy atom. The van der Waals surface area contributed by atoms with E-state index in [4.69, 9.17) is 10.1 Å². The van der Waals surface area contributed by atoms with Gasteiger partial charge in [-0.25, -0.2) is 9.50 Å². The Balaban J connectivity index is 1.69. The van der Waals surface area contributed by atoms with E-state index in [1.54, 1.807) is 0 Å². The third-order valence-corrected chi connectivity index (χ3v) is 8.22. The molecular weight excluding hydrogens is 390 g/mol. The summed E-state index contributed by atoms with van der Waals surface area (Å²) in [5.74, 6) is 1.74. The minimum absolute atomic E-state index is 0.469. The van der Waals surface area contributed by atoms with Crippen molar-refractivity contribution in [2.45, 2.75) is 147 Å². The van der Waals surface area contributed by atoms with Gasteiger partial charge in [0.15, 0.2) is 5.65 Å². The minimum atomic E-state index is 0.469. The number of fused-ring (bicyclic) bond motifs is 1. The highest BCUT2D eigenvalue weighted by molar-refractivity contribution is 5.50. The predicted molar refractivity (Wildman–Crippen MR) is 136 cm³/mol. The zero-order valence-electron chi connectivity index (χ0n) is 21.0. The minimum Gasteiger partial charge on any atom is -0.233 e. The number of rotatable bonds is 3. The Bertz CT molecular complexity index is 801. The monoisotopic (exact) mass is 437 g/mol. The van der Waals surface area contributed by atoms with E-state index in [0.717, 1.165) is 5.65 Å². The molecule has 0 spiro atoms. The van der Waals surface area contributed by atoms with Crippen LogP contribution in [-0.2, 0) is 0 Å². The van der Waals surface area contributed by atoms with Gasteiger partial charge in [0.2, 0.25) is 0 Å². The second-order valence-electron chi connectivity index (χ2n) is 11.1. The lowest BCUT2D eigenvalue weighted by atomic mass is 9.86. The molecule has 3 nitrogen and oxygen atoms in total. The van der Waals surface area contributed by atoms with E-state index >= 15 is 0 Å². The molecule has 4 rings (SSSR count). The maximum atomic E-state index is 5.34. The van der Waals surface area contributed by atoms with Crippen molar-refractivity contribution in [3.05, 3.63) is 29.2 Å². The van der Waals surface area contributed by atoms with Gasteiger partial charge in [0, 0.05) is 28.8 Å². The van der Waals surface area contributed by atoms with Crippen molar-refractivity contribution in [3.63, 3.8) is 0 Å². The summed E-state index contributed by atoms with van der Waals surface area (Å²) in [6, 6.07) is 2.51. The number of hydrogen-bond acceptors (Lipinski definition) is 2. The van der Waals surface area contributed by atoms with Gasteiger partial charge in [0.05, 0.1) is 6.20 Å². The Kier molecular flexibility index (Phi) is 9.05. The summed E-state index contributed by atoms with van der Waals surface area (Å²) < 4.78 is 2.25. The van der Waals surface area contributed by atoms with Gasteiger partial charge in [-0.1, -0.05) is 104 Å². The molecule has 0 saturated heterocycles. The predicted octanol–water partition coefficient (Wildman–Crippen LogP) is 9.07. The average Bonchev–Trinajstić information content (AvgIpc) is 3.24. The zero-order chi connectivity index (χ0) is 22.2. The second kappa shape index (κ2) is 12.2. The molecule has 32 heavy (non-hydrogen) atoms. The summed E-state index contributed by atoms with van der Waals surface area (Å²) in [5.41, 5.74) is 5.33. The van der Waals surface area contributed by atoms with Crippen LogP contribution in [0, 0.1) is 0 Å². The molecule has 0 amide bonds. The van der Waals surface area contributed by atoms with E-state index < -0.39 is 0 Å². The highest BCUT2D eigenvalue weighted by Crippen LogP contribution is 2.35. The maximum absolute atomic E-state index is 5.34. The summed E-state index contributed by atoms with van der Waals surface area (Å²) >= 11 is 0. The van der Waals surface area contributed by atoms with Crippen molar-refractivity contribution < 1.29 is 0 Å². The molecular formula is C29H47N3. The van der Waals surface area contributed by atoms with Crippen LogP contribution in [0.4, 0.5) is 0 Å². The van der Waals surface area contributed by atoms with Crippen LogP contribution in [0.2, 0.25) is 0 Å². The first-order chi connectivity index (χ1) is 15.7. The van der Waals surface area contributed by atoms with Crippen LogP contribution in [0.5, 0.6) is 0 Å². The molecule has 3 heteroatoms. The molecule has 0 aromatic carbocycles. The van der Waals surface area contributed by atoms with Crippen molar-refractivity contribution in [1.82, 2.24) is 14.6 Å². The van der Waals surface area contributed by atoms with Gasteiger partial charge in [-0.3, -0.25) is 0 Å². The molecule has 0 radical (unpaired) electrons. The first-order valence-electron chi connectivity index (χ1n) is 14.1. The van der Waals surface area contributed by atoms with Crippen molar-refractivity contribution in [1.29, 1.82) is 0 Å². The molecule has 2 aliphatic carbocycles. The molecule has 2 aromatic heterocycles. The summed E-state index contributed by atoms with van der Waals surface area (Å²) in [6.07, 6.45) is 27.0. The molecule has 2 heterocycles. The smallest absolute Gasteiger partial charge is 0.158 e. The summed E-state index contributed by atoms with van der Waals surface area (Å²) in [7, 11) is 0. The van der Waals surface area contributed by atoms with Gasteiger partial charge in [0.1, 0.15) is 0 Å². The number of nitrogens with zero attached hydrogens (tertiary/aromatic N) is 3. The first kappa shape index (κ1) is 23.8. The number of hydrogen-bond donors (Lipinski definition) is 0. The Morgan fingerprint density at radius 3 is 1.66 bits per heavy atom. The fourth-order valence-corrected chi connectivity index (χ4v) is 6.14. The number of aromatic nitrogens is 3. The molecule has 2 fully saturated rings. The van der Waals surface area contributed by atoms with Crippen LogP contribution >= 0.6 is 0 Å². The van der Waals surface area contributed by atoms with E-state index in [0.29, 0.717) is 17.8 Å². The van der Waals surface area contributed by atoms with Crippen LogP contribution in [0.25, 0.3) is 5.65 Å². The molecule has 0 N–H and O–H groups in total. The van der Waals surface area contributed by atoms with Crippen LogP contribution in [0.3, 0.4) is 0 Å². The van der Waals surface area contributed by atoms with Crippen LogP contribution in [0.1, 0.15) is 164 Å². The molecule has 0 bridgehead atoms. The third-order valence-electron chi connectivity index (χ3n) is 8.22. The average molecular weight is 438 g/mol. The van der Waals surface area contributed by atoms with E-state index in [9.17, 15) is 0 Å². The first-order valence-corrected chi connectivity index (χ1v) is 14.1. The van der Waals surface area contributed by atoms with Crippen molar-refractivity contribution in [2.75, 3.05) is 0 Å². The van der Waals surface area contributed by atoms with E-state index in [1.165, 1.54) is 133 Å². The van der Waals surface area contributed by atoms with Crippen LogP contribution in [0.15, 0.2) is 12.3 Å². The largest absolute Gasteiger partial charge is 0.233 e. The molecule has 0 aliphatic heterocycles. The SMILES string of the molecule is CC(C)c1cnn2c(C3CCCCCCCCC3)cc(C3CCCCCCCCC3)nc12. The summed E-state index contributed by atoms with van der Waals surface area (Å²) in [4.78, 5) is 5.34. The molecule has 0 unspecified atom stereocenters. The lowest BCUT2D eigenvalue weighted by Gasteiger charge is -2.23. The molecule has 2 aromatic rings. The Morgan fingerprint density at radius 2 is 1.16 bits per heavy atom. The van der Waals surface area contributed by atoms with Crippen LogP contribution in [-0.4, -0.2) is 14.6 Å². The standard InChI is InChI=1S/C29H47N3/c1-23(2)26-22-30-32-28(25-19-15-11-7-4-8-12-16-20-25)21-27(31-29(26)32)24-17-13-9-5-3-6-10-14-18-24/h21-25H,3-20H2,1-2H3. The third kappa shape index (κ3) is 6.14. The van der Waals surface area contributed by atoms with E-state index in [-0.39, 0.29) is 0 Å². The summed E-state index contributed by atoms with van der Waals surface area (Å²) in [5, 5.41) is 4.91. The topological polar surface area (TPSA) is 30.2 Å². The second-order valence-corrected chi connectivity index (χ2v) is 11.1. The molecule has 0 atom stereocenters. The van der Waals surface area contributed by atoms with Gasteiger partial charge < -0.3 is 0 Å². The van der Waals surface area contributed by atoms with Gasteiger partial charge in [-0.15, -0.1) is 0 Å². The van der Waals surface area contributed by atoms with Gasteiger partial charge in [-0.05, 0) is 37.7 Å². The lowest BCUT2D eigenvalue weighted by molar-refractivity contribution is 0.444. The highest BCUT2D eigenvalue weighted by atomic mass is 15.3. The highest BCUT2D eigenvalue weighted by Gasteiger charge is 2.23. The zero-order valence-corrected chi connectivity index (χ0v) is 21.0. The Labute approximate surface area is 196 Å². The van der Waals surface area contributed by atoms with Gasteiger partial charge in [0.25, 0.3) is 0 Å². The van der Waals surface area contributed by atoms with E-state index in [1.807, 2.05) is 0 Å².